The first-order valence-corrected chi connectivity index (χ1v) is 25.6. The van der Waals surface area contributed by atoms with Crippen molar-refractivity contribution in [2.75, 3.05) is 13.2 Å². The molecule has 6 heteroatoms. The normalized spacial score (nSPS) is 12.6. The zero-order chi connectivity index (χ0) is 42.7. The Hall–Kier alpha value is -1.59. The molecule has 0 aromatic rings. The summed E-state index contributed by atoms with van der Waals surface area (Å²) < 4.78 is 16.8. The van der Waals surface area contributed by atoms with E-state index in [0.717, 1.165) is 75.5 Å². The van der Waals surface area contributed by atoms with Gasteiger partial charge in [-0.15, -0.1) is 0 Å². The van der Waals surface area contributed by atoms with Crippen LogP contribution in [-0.2, 0) is 28.6 Å². The van der Waals surface area contributed by atoms with Crippen molar-refractivity contribution < 1.29 is 28.6 Å². The number of carbonyl (C=O) groups excluding carboxylic acids is 3. The molecule has 0 aromatic carbocycles. The van der Waals surface area contributed by atoms with Crippen LogP contribution < -0.4 is 0 Å². The number of esters is 3. The Morgan fingerprint density at radius 1 is 0.345 bits per heavy atom. The minimum atomic E-state index is -0.763. The molecule has 0 rings (SSSR count). The van der Waals surface area contributed by atoms with Crippen molar-refractivity contribution in [2.45, 2.75) is 285 Å². The molecule has 0 radical (unpaired) electrons. The second kappa shape index (κ2) is 43.5. The van der Waals surface area contributed by atoms with E-state index in [0.29, 0.717) is 19.3 Å². The van der Waals surface area contributed by atoms with E-state index in [1.807, 2.05) is 0 Å². The summed E-state index contributed by atoms with van der Waals surface area (Å²) in [5, 5.41) is 0. The van der Waals surface area contributed by atoms with E-state index < -0.39 is 6.10 Å². The van der Waals surface area contributed by atoms with E-state index in [-0.39, 0.29) is 31.1 Å². The van der Waals surface area contributed by atoms with E-state index in [1.54, 1.807) is 0 Å². The predicted octanol–water partition coefficient (Wildman–Crippen LogP) is 16.4. The van der Waals surface area contributed by atoms with Gasteiger partial charge in [0, 0.05) is 19.3 Å². The predicted molar refractivity (Wildman–Crippen MR) is 247 cm³/mol. The number of carbonyl (C=O) groups is 3. The Kier molecular flexibility index (Phi) is 42.3. The summed E-state index contributed by atoms with van der Waals surface area (Å²) >= 11 is 0. The van der Waals surface area contributed by atoms with Gasteiger partial charge in [0.1, 0.15) is 13.2 Å². The fraction of sp³-hybridized carbons (Fsp3) is 0.942. The molecule has 0 N–H and O–H groups in total. The molecule has 0 aliphatic heterocycles. The maximum absolute atomic E-state index is 12.8. The fourth-order valence-corrected chi connectivity index (χ4v) is 7.73. The molecule has 58 heavy (non-hydrogen) atoms. The lowest BCUT2D eigenvalue weighted by atomic mass is 9.99. The summed E-state index contributed by atoms with van der Waals surface area (Å²) in [7, 11) is 0. The first kappa shape index (κ1) is 56.4. The third kappa shape index (κ3) is 44.0. The minimum absolute atomic E-state index is 0.0655. The van der Waals surface area contributed by atoms with Gasteiger partial charge in [0.25, 0.3) is 0 Å². The SMILES string of the molecule is CCC(C)CCCCCCCCCCCCCCCCC(=O)OC[C@H](COC(=O)CCCCCCCCC(C)C)OC(=O)CCCCCCCCCCCCC(C)C. The number of hydrogen-bond donors (Lipinski definition) is 0. The van der Waals surface area contributed by atoms with E-state index >= 15 is 0 Å². The highest BCUT2D eigenvalue weighted by atomic mass is 16.6. The van der Waals surface area contributed by atoms with Crippen LogP contribution in [0, 0.1) is 17.8 Å². The Labute approximate surface area is 361 Å². The summed E-state index contributed by atoms with van der Waals surface area (Å²) in [4.78, 5) is 37.8. The molecule has 1 unspecified atom stereocenters. The Balaban J connectivity index is 4.25. The van der Waals surface area contributed by atoms with E-state index in [1.165, 1.54) is 161 Å². The van der Waals surface area contributed by atoms with Gasteiger partial charge in [-0.3, -0.25) is 14.4 Å². The summed E-state index contributed by atoms with van der Waals surface area (Å²) in [6, 6.07) is 0. The molecule has 0 amide bonds. The van der Waals surface area contributed by atoms with E-state index in [2.05, 4.69) is 41.5 Å². The van der Waals surface area contributed by atoms with Crippen molar-refractivity contribution in [3.63, 3.8) is 0 Å². The van der Waals surface area contributed by atoms with Crippen molar-refractivity contribution >= 4 is 17.9 Å². The first-order chi connectivity index (χ1) is 28.1. The first-order valence-electron chi connectivity index (χ1n) is 25.6. The molecule has 0 aliphatic carbocycles. The summed E-state index contributed by atoms with van der Waals surface area (Å²) in [6.07, 6.45) is 42.4. The zero-order valence-electron chi connectivity index (χ0n) is 39.8. The van der Waals surface area contributed by atoms with Crippen molar-refractivity contribution in [1.82, 2.24) is 0 Å². The van der Waals surface area contributed by atoms with Crippen molar-refractivity contribution in [2.24, 2.45) is 17.8 Å². The van der Waals surface area contributed by atoms with Crippen molar-refractivity contribution in [3.8, 4) is 0 Å². The van der Waals surface area contributed by atoms with Gasteiger partial charge in [-0.1, -0.05) is 241 Å². The van der Waals surface area contributed by atoms with Gasteiger partial charge >= 0.3 is 17.9 Å². The molecule has 6 nitrogen and oxygen atoms in total. The zero-order valence-corrected chi connectivity index (χ0v) is 39.8. The minimum Gasteiger partial charge on any atom is -0.462 e. The van der Waals surface area contributed by atoms with Gasteiger partial charge in [-0.2, -0.15) is 0 Å². The van der Waals surface area contributed by atoms with Gasteiger partial charge in [0.2, 0.25) is 0 Å². The summed E-state index contributed by atoms with van der Waals surface area (Å²) in [6.45, 7) is 13.7. The van der Waals surface area contributed by atoms with Crippen LogP contribution in [-0.4, -0.2) is 37.2 Å². The monoisotopic (exact) mass is 821 g/mol. The van der Waals surface area contributed by atoms with Gasteiger partial charge in [0.15, 0.2) is 6.10 Å². The summed E-state index contributed by atoms with van der Waals surface area (Å²) in [5.41, 5.74) is 0. The number of ether oxygens (including phenoxy) is 3. The lowest BCUT2D eigenvalue weighted by molar-refractivity contribution is -0.167. The highest BCUT2D eigenvalue weighted by Gasteiger charge is 2.19. The number of unbranched alkanes of at least 4 members (excludes halogenated alkanes) is 27. The van der Waals surface area contributed by atoms with Gasteiger partial charge in [-0.05, 0) is 37.0 Å². The third-order valence-electron chi connectivity index (χ3n) is 12.0. The molecular weight excluding hydrogens is 721 g/mol. The molecule has 0 spiro atoms. The Morgan fingerprint density at radius 3 is 0.897 bits per heavy atom. The molecule has 344 valence electrons. The lowest BCUT2D eigenvalue weighted by Gasteiger charge is -2.18. The average molecular weight is 821 g/mol. The van der Waals surface area contributed by atoms with E-state index in [9.17, 15) is 14.4 Å². The highest BCUT2D eigenvalue weighted by Crippen LogP contribution is 2.18. The topological polar surface area (TPSA) is 78.9 Å². The van der Waals surface area contributed by atoms with Crippen LogP contribution >= 0.6 is 0 Å². The molecule has 0 saturated heterocycles. The van der Waals surface area contributed by atoms with Crippen LogP contribution in [0.2, 0.25) is 0 Å². The molecule has 2 atom stereocenters. The van der Waals surface area contributed by atoms with Crippen LogP contribution in [0.15, 0.2) is 0 Å². The Bertz CT molecular complexity index is 900. The Morgan fingerprint density at radius 2 is 0.603 bits per heavy atom. The number of hydrogen-bond acceptors (Lipinski definition) is 6. The molecular formula is C52H100O6. The molecule has 0 aromatic heterocycles. The number of rotatable bonds is 45. The van der Waals surface area contributed by atoms with Crippen LogP contribution in [0.1, 0.15) is 279 Å². The van der Waals surface area contributed by atoms with Gasteiger partial charge in [0.05, 0.1) is 0 Å². The molecule has 0 bridgehead atoms. The second-order valence-electron chi connectivity index (χ2n) is 19.0. The van der Waals surface area contributed by atoms with Crippen LogP contribution in [0.4, 0.5) is 0 Å². The van der Waals surface area contributed by atoms with Crippen molar-refractivity contribution in [3.05, 3.63) is 0 Å². The molecule has 0 fully saturated rings. The largest absolute Gasteiger partial charge is 0.462 e. The lowest BCUT2D eigenvalue weighted by Crippen LogP contribution is -2.30. The highest BCUT2D eigenvalue weighted by molar-refractivity contribution is 5.71. The van der Waals surface area contributed by atoms with Crippen LogP contribution in [0.25, 0.3) is 0 Å². The van der Waals surface area contributed by atoms with Crippen LogP contribution in [0.5, 0.6) is 0 Å². The maximum Gasteiger partial charge on any atom is 0.306 e. The quantitative estimate of drug-likeness (QED) is 0.0346. The maximum atomic E-state index is 12.8. The standard InChI is InChI=1S/C52H100O6/c1-7-48(6)40-34-28-21-17-12-10-8-9-11-13-18-22-29-35-41-50(53)56-44-49(45-57-51(54)42-36-30-25-24-27-33-39-47(4)5)58-52(55)43-37-31-23-19-15-14-16-20-26-32-38-46(2)3/h46-49H,7-45H2,1-6H3/t48?,49-/m1/s1. The van der Waals surface area contributed by atoms with Crippen LogP contribution in [0.3, 0.4) is 0 Å². The molecule has 0 saturated carbocycles. The second-order valence-corrected chi connectivity index (χ2v) is 19.0. The molecule has 0 aliphatic rings. The molecule has 0 heterocycles. The smallest absolute Gasteiger partial charge is 0.306 e. The van der Waals surface area contributed by atoms with E-state index in [4.69, 9.17) is 14.2 Å². The third-order valence-corrected chi connectivity index (χ3v) is 12.0. The van der Waals surface area contributed by atoms with Crippen molar-refractivity contribution in [1.29, 1.82) is 0 Å². The van der Waals surface area contributed by atoms with Gasteiger partial charge in [-0.25, -0.2) is 0 Å². The summed E-state index contributed by atoms with van der Waals surface area (Å²) in [5.74, 6) is 1.62. The fourth-order valence-electron chi connectivity index (χ4n) is 7.73. The average Bonchev–Trinajstić information content (AvgIpc) is 3.19. The van der Waals surface area contributed by atoms with Gasteiger partial charge < -0.3 is 14.2 Å².